The van der Waals surface area contributed by atoms with E-state index in [2.05, 4.69) is 30.9 Å². The zero-order valence-electron chi connectivity index (χ0n) is 20.9. The molecular formula is C27H43NO4. The van der Waals surface area contributed by atoms with Gasteiger partial charge in [-0.15, -0.1) is 0 Å². The number of carbonyl (C=O) groups excluding carboxylic acids is 1. The van der Waals surface area contributed by atoms with Crippen LogP contribution in [0.2, 0.25) is 0 Å². The number of esters is 1. The first-order valence-corrected chi connectivity index (χ1v) is 12.6. The third-order valence-electron chi connectivity index (χ3n) is 6.80. The summed E-state index contributed by atoms with van der Waals surface area (Å²) in [6, 6.07) is 6.14. The molecule has 1 saturated heterocycles. The van der Waals surface area contributed by atoms with Gasteiger partial charge in [-0.05, 0) is 77.7 Å². The molecule has 1 unspecified atom stereocenters. The van der Waals surface area contributed by atoms with Crippen LogP contribution in [0.4, 0.5) is 0 Å². The molecule has 0 amide bonds. The highest BCUT2D eigenvalue weighted by molar-refractivity contribution is 5.76. The molecule has 1 aromatic rings. The van der Waals surface area contributed by atoms with E-state index in [1.165, 1.54) is 31.2 Å². The molecule has 0 radical (unpaired) electrons. The molecule has 32 heavy (non-hydrogen) atoms. The Hall–Kier alpha value is -1.75. The van der Waals surface area contributed by atoms with E-state index in [4.69, 9.17) is 14.2 Å². The lowest BCUT2D eigenvalue weighted by atomic mass is 9.74. The van der Waals surface area contributed by atoms with Crippen LogP contribution in [0.5, 0.6) is 11.5 Å². The van der Waals surface area contributed by atoms with E-state index in [0.717, 1.165) is 63.5 Å². The predicted molar refractivity (Wildman–Crippen MR) is 129 cm³/mol. The van der Waals surface area contributed by atoms with Crippen LogP contribution in [0, 0.1) is 0 Å². The van der Waals surface area contributed by atoms with Crippen LogP contribution in [-0.4, -0.2) is 48.8 Å². The molecule has 180 valence electrons. The molecule has 1 aromatic carbocycles. The Kier molecular flexibility index (Phi) is 8.49. The minimum Gasteiger partial charge on any atom is -0.494 e. The standard InChI is InChI=1S/C27H43NO4/c1-6-8-9-10-11-18-30-21-12-13-24-22(19-21)27(20-31-24)14-16-28(17-15-27)23(7-2)25(29)32-26(3,4)5/h12-13,19,23H,6-11,14-18,20H2,1-5H3. The Balaban J connectivity index is 1.59. The normalized spacial score (nSPS) is 18.8. The number of hydrogen-bond acceptors (Lipinski definition) is 5. The van der Waals surface area contributed by atoms with E-state index in [9.17, 15) is 4.79 Å². The van der Waals surface area contributed by atoms with Crippen LogP contribution < -0.4 is 9.47 Å². The smallest absolute Gasteiger partial charge is 0.323 e. The highest BCUT2D eigenvalue weighted by atomic mass is 16.6. The lowest BCUT2D eigenvalue weighted by Crippen LogP contribution is -2.51. The van der Waals surface area contributed by atoms with Crippen molar-refractivity contribution in [2.75, 3.05) is 26.3 Å². The number of likely N-dealkylation sites (tertiary alicyclic amines) is 1. The second kappa shape index (κ2) is 10.9. The highest BCUT2D eigenvalue weighted by Gasteiger charge is 2.45. The molecule has 2 aliphatic rings. The fraction of sp³-hybridized carbons (Fsp3) is 0.741. The molecular weight excluding hydrogens is 402 g/mol. The van der Waals surface area contributed by atoms with E-state index >= 15 is 0 Å². The fourth-order valence-corrected chi connectivity index (χ4v) is 4.95. The van der Waals surface area contributed by atoms with E-state index in [0.29, 0.717) is 0 Å². The Bertz CT molecular complexity index is 747. The summed E-state index contributed by atoms with van der Waals surface area (Å²) in [6.07, 6.45) is 8.95. The van der Waals surface area contributed by atoms with Crippen LogP contribution in [0.25, 0.3) is 0 Å². The van der Waals surface area contributed by atoms with Gasteiger partial charge in [0.2, 0.25) is 0 Å². The number of unbranched alkanes of at least 4 members (excludes halogenated alkanes) is 4. The summed E-state index contributed by atoms with van der Waals surface area (Å²) >= 11 is 0. The topological polar surface area (TPSA) is 48.0 Å². The Morgan fingerprint density at radius 1 is 1.12 bits per heavy atom. The van der Waals surface area contributed by atoms with Crippen LogP contribution >= 0.6 is 0 Å². The Labute approximate surface area is 194 Å². The van der Waals surface area contributed by atoms with Crippen molar-refractivity contribution in [3.63, 3.8) is 0 Å². The molecule has 1 spiro atoms. The van der Waals surface area contributed by atoms with Gasteiger partial charge in [-0.25, -0.2) is 0 Å². The molecule has 0 N–H and O–H groups in total. The summed E-state index contributed by atoms with van der Waals surface area (Å²) in [6.45, 7) is 13.4. The molecule has 0 bridgehead atoms. The van der Waals surface area contributed by atoms with Gasteiger partial charge in [0.25, 0.3) is 0 Å². The second-order valence-electron chi connectivity index (χ2n) is 10.5. The van der Waals surface area contributed by atoms with Gasteiger partial charge < -0.3 is 14.2 Å². The van der Waals surface area contributed by atoms with Gasteiger partial charge in [-0.3, -0.25) is 9.69 Å². The fourth-order valence-electron chi connectivity index (χ4n) is 4.95. The monoisotopic (exact) mass is 445 g/mol. The molecule has 1 fully saturated rings. The van der Waals surface area contributed by atoms with Gasteiger partial charge in [0.05, 0.1) is 13.2 Å². The highest BCUT2D eigenvalue weighted by Crippen LogP contribution is 2.47. The van der Waals surface area contributed by atoms with Gasteiger partial charge in [-0.1, -0.05) is 39.5 Å². The summed E-state index contributed by atoms with van der Waals surface area (Å²) in [5.41, 5.74) is 0.857. The molecule has 0 saturated carbocycles. The Morgan fingerprint density at radius 2 is 1.84 bits per heavy atom. The third kappa shape index (κ3) is 6.18. The van der Waals surface area contributed by atoms with Gasteiger partial charge >= 0.3 is 5.97 Å². The van der Waals surface area contributed by atoms with Crippen molar-refractivity contribution in [3.05, 3.63) is 23.8 Å². The van der Waals surface area contributed by atoms with Crippen LogP contribution in [0.15, 0.2) is 18.2 Å². The van der Waals surface area contributed by atoms with Crippen molar-refractivity contribution >= 4 is 5.97 Å². The van der Waals surface area contributed by atoms with Gasteiger partial charge in [0, 0.05) is 11.0 Å². The lowest BCUT2D eigenvalue weighted by molar-refractivity contribution is -0.162. The number of nitrogens with zero attached hydrogens (tertiary/aromatic N) is 1. The third-order valence-corrected chi connectivity index (χ3v) is 6.80. The quantitative estimate of drug-likeness (QED) is 0.332. The first-order valence-electron chi connectivity index (χ1n) is 12.6. The first kappa shape index (κ1) is 24.9. The average Bonchev–Trinajstić information content (AvgIpc) is 3.09. The SMILES string of the molecule is CCCCCCCOc1ccc2c(c1)C1(CCN(C(CC)C(=O)OC(C)(C)C)CC1)CO2. The van der Waals surface area contributed by atoms with E-state index in [1.807, 2.05) is 26.8 Å². The maximum absolute atomic E-state index is 12.7. The number of rotatable bonds is 10. The molecule has 2 aliphatic heterocycles. The number of ether oxygens (including phenoxy) is 3. The second-order valence-corrected chi connectivity index (χ2v) is 10.5. The first-order chi connectivity index (χ1) is 15.3. The maximum atomic E-state index is 12.7. The predicted octanol–water partition coefficient (Wildman–Crippen LogP) is 5.88. The summed E-state index contributed by atoms with van der Waals surface area (Å²) < 4.78 is 17.8. The van der Waals surface area contributed by atoms with E-state index < -0.39 is 5.60 Å². The number of hydrogen-bond donors (Lipinski definition) is 0. The van der Waals surface area contributed by atoms with E-state index in [1.54, 1.807) is 0 Å². The zero-order chi connectivity index (χ0) is 23.2. The van der Waals surface area contributed by atoms with Crippen molar-refractivity contribution in [2.45, 2.75) is 103 Å². The van der Waals surface area contributed by atoms with Gasteiger partial charge in [-0.2, -0.15) is 0 Å². The summed E-state index contributed by atoms with van der Waals surface area (Å²) in [4.78, 5) is 15.0. The maximum Gasteiger partial charge on any atom is 0.323 e. The minimum absolute atomic E-state index is 0.0263. The summed E-state index contributed by atoms with van der Waals surface area (Å²) in [7, 11) is 0. The summed E-state index contributed by atoms with van der Waals surface area (Å²) in [5, 5.41) is 0. The lowest BCUT2D eigenvalue weighted by Gasteiger charge is -2.41. The largest absolute Gasteiger partial charge is 0.494 e. The van der Waals surface area contributed by atoms with Crippen molar-refractivity contribution in [1.82, 2.24) is 4.90 Å². The molecule has 0 aliphatic carbocycles. The number of benzene rings is 1. The zero-order valence-corrected chi connectivity index (χ0v) is 20.9. The van der Waals surface area contributed by atoms with Crippen molar-refractivity contribution < 1.29 is 19.0 Å². The molecule has 2 heterocycles. The van der Waals surface area contributed by atoms with Crippen molar-refractivity contribution in [1.29, 1.82) is 0 Å². The molecule has 1 atom stereocenters. The molecule has 5 heteroatoms. The number of fused-ring (bicyclic) bond motifs is 2. The Morgan fingerprint density at radius 3 is 2.50 bits per heavy atom. The van der Waals surface area contributed by atoms with Crippen molar-refractivity contribution in [3.8, 4) is 11.5 Å². The number of piperidine rings is 1. The van der Waals surface area contributed by atoms with Crippen LogP contribution in [0.1, 0.15) is 91.5 Å². The molecule has 5 nitrogen and oxygen atoms in total. The minimum atomic E-state index is -0.452. The van der Waals surface area contributed by atoms with Crippen molar-refractivity contribution in [2.24, 2.45) is 0 Å². The van der Waals surface area contributed by atoms with Gasteiger partial charge in [0.1, 0.15) is 23.1 Å². The van der Waals surface area contributed by atoms with Gasteiger partial charge in [0.15, 0.2) is 0 Å². The molecule has 0 aromatic heterocycles. The average molecular weight is 446 g/mol. The van der Waals surface area contributed by atoms with E-state index in [-0.39, 0.29) is 17.4 Å². The van der Waals surface area contributed by atoms with Crippen LogP contribution in [0.3, 0.4) is 0 Å². The molecule has 3 rings (SSSR count). The van der Waals surface area contributed by atoms with Crippen LogP contribution in [-0.2, 0) is 14.9 Å². The summed E-state index contributed by atoms with van der Waals surface area (Å²) in [5.74, 6) is 1.84. The number of carbonyl (C=O) groups is 1.